The van der Waals surface area contributed by atoms with E-state index < -0.39 is 24.3 Å². The van der Waals surface area contributed by atoms with Gasteiger partial charge in [-0.3, -0.25) is 9.59 Å². The molecule has 1 aromatic rings. The summed E-state index contributed by atoms with van der Waals surface area (Å²) < 4.78 is 9.73. The van der Waals surface area contributed by atoms with Crippen molar-refractivity contribution in [2.45, 2.75) is 0 Å². The molecule has 1 aliphatic heterocycles. The summed E-state index contributed by atoms with van der Waals surface area (Å²) in [6.45, 7) is -0.843. The van der Waals surface area contributed by atoms with E-state index in [2.05, 4.69) is 10.1 Å². The van der Waals surface area contributed by atoms with Crippen LogP contribution in [0.25, 0.3) is 0 Å². The molecule has 1 aliphatic rings. The van der Waals surface area contributed by atoms with Gasteiger partial charge in [0.2, 0.25) is 11.7 Å². The number of nitrogens with two attached hydrogens (primary N) is 1. The van der Waals surface area contributed by atoms with Crippen LogP contribution >= 0.6 is 0 Å². The molecule has 7 nitrogen and oxygen atoms in total. The second kappa shape index (κ2) is 5.87. The van der Waals surface area contributed by atoms with Crippen LogP contribution in [0.1, 0.15) is 0 Å². The Labute approximate surface area is 114 Å². The van der Waals surface area contributed by atoms with Crippen LogP contribution < -0.4 is 11.1 Å². The minimum absolute atomic E-state index is 0.00988. The number of anilines is 1. The topological polar surface area (TPSA) is 108 Å². The average molecular weight is 276 g/mol. The van der Waals surface area contributed by atoms with Gasteiger partial charge < -0.3 is 20.5 Å². The zero-order chi connectivity index (χ0) is 14.5. The number of nitrogens with one attached hydrogen (secondary N) is 1. The van der Waals surface area contributed by atoms with Crippen LogP contribution in [-0.4, -0.2) is 30.9 Å². The van der Waals surface area contributed by atoms with Gasteiger partial charge in [-0.05, 0) is 12.1 Å². The maximum atomic E-state index is 11.7. The van der Waals surface area contributed by atoms with Crippen molar-refractivity contribution in [3.63, 3.8) is 0 Å². The molecular weight excluding hydrogens is 264 g/mol. The van der Waals surface area contributed by atoms with E-state index in [0.717, 1.165) is 0 Å². The van der Waals surface area contributed by atoms with Crippen LogP contribution in [0.2, 0.25) is 0 Å². The van der Waals surface area contributed by atoms with Crippen LogP contribution in [0.5, 0.6) is 0 Å². The van der Waals surface area contributed by atoms with Crippen molar-refractivity contribution in [2.24, 2.45) is 5.73 Å². The van der Waals surface area contributed by atoms with E-state index in [1.165, 1.54) is 0 Å². The Kier molecular flexibility index (Phi) is 3.99. The fourth-order valence-electron chi connectivity index (χ4n) is 1.58. The van der Waals surface area contributed by atoms with Crippen molar-refractivity contribution in [3.8, 4) is 0 Å². The van der Waals surface area contributed by atoms with Crippen LogP contribution in [0.3, 0.4) is 0 Å². The lowest BCUT2D eigenvalue weighted by Crippen LogP contribution is -2.24. The first-order valence-electron chi connectivity index (χ1n) is 5.75. The quantitative estimate of drug-likeness (QED) is 0.576. The number of hydrogen-bond donors (Lipinski definition) is 2. The minimum Gasteiger partial charge on any atom is -0.470 e. The number of esters is 1. The molecule has 0 bridgehead atoms. The zero-order valence-electron chi connectivity index (χ0n) is 10.4. The summed E-state index contributed by atoms with van der Waals surface area (Å²) in [4.78, 5) is 33.9. The highest BCUT2D eigenvalue weighted by molar-refractivity contribution is 6.20. The van der Waals surface area contributed by atoms with Crippen molar-refractivity contribution in [1.29, 1.82) is 0 Å². The van der Waals surface area contributed by atoms with Gasteiger partial charge in [-0.2, -0.15) is 0 Å². The zero-order valence-corrected chi connectivity index (χ0v) is 10.4. The van der Waals surface area contributed by atoms with Gasteiger partial charge in [0.1, 0.15) is 0 Å². The van der Waals surface area contributed by atoms with E-state index >= 15 is 0 Å². The summed E-state index contributed by atoms with van der Waals surface area (Å²) in [5, 5.41) is 2.81. The van der Waals surface area contributed by atoms with Crippen molar-refractivity contribution in [1.82, 2.24) is 0 Å². The maximum Gasteiger partial charge on any atom is 0.347 e. The largest absolute Gasteiger partial charge is 0.470 e. The number of carbonyl (C=O) groups is 3. The lowest BCUT2D eigenvalue weighted by Gasteiger charge is -2.08. The lowest BCUT2D eigenvalue weighted by molar-refractivity contribution is -0.144. The number of ether oxygens (including phenoxy) is 2. The summed E-state index contributed by atoms with van der Waals surface area (Å²) in [7, 11) is 0. The summed E-state index contributed by atoms with van der Waals surface area (Å²) in [5.74, 6) is -2.25. The van der Waals surface area contributed by atoms with E-state index in [4.69, 9.17) is 10.5 Å². The third-order valence-electron chi connectivity index (χ3n) is 2.43. The monoisotopic (exact) mass is 276 g/mol. The molecule has 7 heteroatoms. The highest BCUT2D eigenvalue weighted by atomic mass is 16.5. The van der Waals surface area contributed by atoms with Crippen molar-refractivity contribution in [3.05, 3.63) is 41.8 Å². The second-order valence-corrected chi connectivity index (χ2v) is 3.95. The summed E-state index contributed by atoms with van der Waals surface area (Å²) in [6.07, 6.45) is 0. The Balaban J connectivity index is 2.16. The van der Waals surface area contributed by atoms with Crippen LogP contribution in [-0.2, 0) is 23.9 Å². The highest BCUT2D eigenvalue weighted by Crippen LogP contribution is 2.20. The Morgan fingerprint density at radius 2 is 2.00 bits per heavy atom. The average Bonchev–Trinajstić information content (AvgIpc) is 2.78. The fourth-order valence-corrected chi connectivity index (χ4v) is 1.58. The summed E-state index contributed by atoms with van der Waals surface area (Å²) >= 11 is 0. The molecule has 0 atom stereocenters. The van der Waals surface area contributed by atoms with Crippen molar-refractivity contribution >= 4 is 23.3 Å². The molecule has 104 valence electrons. The van der Waals surface area contributed by atoms with E-state index in [-0.39, 0.29) is 18.1 Å². The fraction of sp³-hybridized carbons (Fsp3) is 0.154. The van der Waals surface area contributed by atoms with Gasteiger partial charge in [0.25, 0.3) is 5.91 Å². The molecule has 0 unspecified atom stereocenters. The van der Waals surface area contributed by atoms with Gasteiger partial charge in [0.05, 0.1) is 0 Å². The first kappa shape index (κ1) is 13.6. The molecule has 2 rings (SSSR count). The Morgan fingerprint density at radius 1 is 1.30 bits per heavy atom. The molecule has 3 N–H and O–H groups in total. The third kappa shape index (κ3) is 3.14. The lowest BCUT2D eigenvalue weighted by atomic mass is 10.2. The van der Waals surface area contributed by atoms with Gasteiger partial charge in [-0.15, -0.1) is 0 Å². The number of primary amides is 1. The van der Waals surface area contributed by atoms with E-state index in [9.17, 15) is 14.4 Å². The first-order chi connectivity index (χ1) is 9.58. The smallest absolute Gasteiger partial charge is 0.347 e. The van der Waals surface area contributed by atoms with Crippen molar-refractivity contribution in [2.75, 3.05) is 18.5 Å². The first-order valence-corrected chi connectivity index (χ1v) is 5.75. The number of benzene rings is 1. The Bertz CT molecular complexity index is 580. The van der Waals surface area contributed by atoms with E-state index in [1.54, 1.807) is 24.3 Å². The molecule has 1 aromatic carbocycles. The van der Waals surface area contributed by atoms with Gasteiger partial charge in [-0.25, -0.2) is 4.79 Å². The molecule has 0 spiro atoms. The molecular formula is C13H12N2O5. The number of hydrogen-bond acceptors (Lipinski definition) is 6. The van der Waals surface area contributed by atoms with Gasteiger partial charge >= 0.3 is 5.97 Å². The summed E-state index contributed by atoms with van der Waals surface area (Å²) in [6, 6.07) is 8.87. The highest BCUT2D eigenvalue weighted by Gasteiger charge is 2.32. The SMILES string of the molecule is NC(=O)COC(=O)C1=C(Nc2ccccc2)OCC1=O. The predicted octanol–water partition coefficient (Wildman–Crippen LogP) is -0.0621. The molecule has 0 saturated carbocycles. The standard InChI is InChI=1S/C13H12N2O5/c14-10(17)7-20-13(18)11-9(16)6-19-12(11)15-8-4-2-1-3-5-8/h1-5,15H,6-7H2,(H2,14,17). The molecule has 0 aliphatic carbocycles. The van der Waals surface area contributed by atoms with E-state index in [1.807, 2.05) is 6.07 Å². The third-order valence-corrected chi connectivity index (χ3v) is 2.43. The normalized spacial score (nSPS) is 13.9. The van der Waals surface area contributed by atoms with Crippen LogP contribution in [0, 0.1) is 0 Å². The molecule has 1 amide bonds. The molecule has 0 aromatic heterocycles. The number of Topliss-reactive ketones (excluding diaryl/α,β-unsaturated/α-hetero) is 1. The van der Waals surface area contributed by atoms with Crippen LogP contribution in [0.4, 0.5) is 5.69 Å². The molecule has 0 radical (unpaired) electrons. The Morgan fingerprint density at radius 3 is 2.65 bits per heavy atom. The van der Waals surface area contributed by atoms with Crippen LogP contribution in [0.15, 0.2) is 41.8 Å². The van der Waals surface area contributed by atoms with Gasteiger partial charge in [-0.1, -0.05) is 18.2 Å². The van der Waals surface area contributed by atoms with Gasteiger partial charge in [0.15, 0.2) is 18.8 Å². The Hall–Kier alpha value is -2.83. The van der Waals surface area contributed by atoms with Gasteiger partial charge in [0, 0.05) is 5.69 Å². The number of carbonyl (C=O) groups excluding carboxylic acids is 3. The van der Waals surface area contributed by atoms with E-state index in [0.29, 0.717) is 5.69 Å². The minimum atomic E-state index is -0.940. The maximum absolute atomic E-state index is 11.7. The predicted molar refractivity (Wildman–Crippen MR) is 68.2 cm³/mol. The summed E-state index contributed by atoms with van der Waals surface area (Å²) in [5.41, 5.74) is 5.26. The number of para-hydroxylation sites is 1. The molecule has 0 fully saturated rings. The number of rotatable bonds is 5. The molecule has 1 heterocycles. The second-order valence-electron chi connectivity index (χ2n) is 3.95. The number of ketones is 1. The molecule has 20 heavy (non-hydrogen) atoms. The molecule has 0 saturated heterocycles. The van der Waals surface area contributed by atoms with Crippen molar-refractivity contribution < 1.29 is 23.9 Å². The number of amides is 1.